The number of hydrogen-bond acceptors (Lipinski definition) is 3. The fourth-order valence-electron chi connectivity index (χ4n) is 0.156. The van der Waals surface area contributed by atoms with Gasteiger partial charge in [0, 0.05) is 16.7 Å². The molecule has 0 aliphatic carbocycles. The van der Waals surface area contributed by atoms with Gasteiger partial charge in [0.05, 0.1) is 0 Å². The van der Waals surface area contributed by atoms with Crippen molar-refractivity contribution >= 4 is 27.7 Å². The van der Waals surface area contributed by atoms with Crippen LogP contribution < -0.4 is 10.5 Å². The van der Waals surface area contributed by atoms with Gasteiger partial charge in [0.25, 0.3) is 0 Å². The summed E-state index contributed by atoms with van der Waals surface area (Å²) in [7, 11) is 2.88. The number of nitrogens with two attached hydrogens (primary N) is 1. The maximum absolute atomic E-state index is 6.74. The number of hydrogen-bond donors (Lipinski definition) is 3. The average Bonchev–Trinajstić information content (AvgIpc) is 1.80. The van der Waals surface area contributed by atoms with E-state index in [1.54, 1.807) is 16.9 Å². The van der Waals surface area contributed by atoms with Crippen molar-refractivity contribution in [3.05, 3.63) is 12.7 Å². The Kier molecular flexibility index (Phi) is 5.65. The molecule has 0 saturated carbocycles. The molecule has 4 N–H and O–H groups in total. The lowest BCUT2D eigenvalue weighted by atomic mass is 10.8. The molecule has 0 unspecified atom stereocenters. The Morgan fingerprint density at radius 3 is 3.00 bits per heavy atom. The van der Waals surface area contributed by atoms with E-state index >= 15 is 0 Å². The van der Waals surface area contributed by atoms with Gasteiger partial charge >= 0.3 is 0 Å². The first-order valence-corrected chi connectivity index (χ1v) is 4.58. The molecule has 0 amide bonds. The molecule has 9 heavy (non-hydrogen) atoms. The maximum Gasteiger partial charge on any atom is 0.196 e. The minimum absolute atomic E-state index is 0.0171. The van der Waals surface area contributed by atoms with Crippen LogP contribution in [0.15, 0.2) is 12.7 Å². The topological polar surface area (TPSA) is 61.9 Å². The second-order valence-corrected chi connectivity index (χ2v) is 3.32. The minimum atomic E-state index is -0.0171. The van der Waals surface area contributed by atoms with E-state index in [-0.39, 0.29) is 5.96 Å². The van der Waals surface area contributed by atoms with E-state index in [4.69, 9.17) is 11.1 Å². The van der Waals surface area contributed by atoms with E-state index in [0.717, 1.165) is 5.75 Å². The summed E-state index contributed by atoms with van der Waals surface area (Å²) >= 11 is 0. The van der Waals surface area contributed by atoms with E-state index < -0.39 is 0 Å². The summed E-state index contributed by atoms with van der Waals surface area (Å²) in [6.07, 6.45) is 1.79. The van der Waals surface area contributed by atoms with E-state index in [1.165, 1.54) is 11.0 Å². The summed E-state index contributed by atoms with van der Waals surface area (Å²) in [5, 5.41) is 6.74. The zero-order valence-electron chi connectivity index (χ0n) is 4.89. The molecular formula is C4H9N3S2. The van der Waals surface area contributed by atoms with Crippen LogP contribution in [0.5, 0.6) is 0 Å². The standard InChI is InChI=1S/C4H9N3S2/c1-2-3-8-9-7-4(5)6/h2H,1,3H2,(H4,5,6,7). The van der Waals surface area contributed by atoms with Crippen LogP contribution in [-0.2, 0) is 0 Å². The van der Waals surface area contributed by atoms with Gasteiger partial charge in [-0.15, -0.1) is 6.58 Å². The third kappa shape index (κ3) is 7.71. The van der Waals surface area contributed by atoms with Crippen LogP contribution in [-0.4, -0.2) is 11.7 Å². The van der Waals surface area contributed by atoms with Crippen LogP contribution in [0.4, 0.5) is 0 Å². The molecule has 5 heteroatoms. The summed E-state index contributed by atoms with van der Waals surface area (Å²) in [6.45, 7) is 3.53. The summed E-state index contributed by atoms with van der Waals surface area (Å²) < 4.78 is 2.57. The summed E-state index contributed by atoms with van der Waals surface area (Å²) in [4.78, 5) is 0. The molecule has 0 fully saturated rings. The molecule has 3 nitrogen and oxygen atoms in total. The van der Waals surface area contributed by atoms with E-state index in [2.05, 4.69) is 11.3 Å². The first kappa shape index (κ1) is 8.71. The molecule has 0 saturated heterocycles. The largest absolute Gasteiger partial charge is 0.369 e. The van der Waals surface area contributed by atoms with Gasteiger partial charge in [-0.2, -0.15) is 0 Å². The molecule has 0 atom stereocenters. The summed E-state index contributed by atoms with van der Waals surface area (Å²) in [6, 6.07) is 0. The van der Waals surface area contributed by atoms with Gasteiger partial charge in [0.2, 0.25) is 0 Å². The smallest absolute Gasteiger partial charge is 0.196 e. The second-order valence-electron chi connectivity index (χ2n) is 1.17. The third-order valence-electron chi connectivity index (χ3n) is 0.396. The van der Waals surface area contributed by atoms with Crippen molar-refractivity contribution < 1.29 is 0 Å². The van der Waals surface area contributed by atoms with Gasteiger partial charge in [-0.25, -0.2) is 0 Å². The predicted octanol–water partition coefficient (Wildman–Crippen LogP) is 0.952. The fraction of sp³-hybridized carbons (Fsp3) is 0.250. The van der Waals surface area contributed by atoms with Gasteiger partial charge in [0.15, 0.2) is 5.96 Å². The first-order valence-electron chi connectivity index (χ1n) is 2.26. The number of guanidine groups is 1. The summed E-state index contributed by atoms with van der Waals surface area (Å²) in [5.41, 5.74) is 4.99. The molecule has 0 radical (unpaired) electrons. The molecule has 0 aromatic carbocycles. The summed E-state index contributed by atoms with van der Waals surface area (Å²) in [5.74, 6) is 0.835. The van der Waals surface area contributed by atoms with Crippen molar-refractivity contribution in [1.29, 1.82) is 5.41 Å². The van der Waals surface area contributed by atoms with Gasteiger partial charge in [-0.05, 0) is 0 Å². The van der Waals surface area contributed by atoms with Gasteiger partial charge in [-0.1, -0.05) is 16.9 Å². The zero-order chi connectivity index (χ0) is 7.11. The second kappa shape index (κ2) is 5.84. The Morgan fingerprint density at radius 1 is 1.89 bits per heavy atom. The normalized spacial score (nSPS) is 8.44. The Balaban J connectivity index is 2.91. The highest BCUT2D eigenvalue weighted by Crippen LogP contribution is 2.15. The highest BCUT2D eigenvalue weighted by molar-refractivity contribution is 8.76. The van der Waals surface area contributed by atoms with E-state index in [0.29, 0.717) is 0 Å². The molecule has 0 aromatic heterocycles. The van der Waals surface area contributed by atoms with Crippen molar-refractivity contribution in [1.82, 2.24) is 4.72 Å². The lowest BCUT2D eigenvalue weighted by Crippen LogP contribution is -2.23. The minimum Gasteiger partial charge on any atom is -0.369 e. The van der Waals surface area contributed by atoms with Crippen LogP contribution in [0.2, 0.25) is 0 Å². The first-order chi connectivity index (χ1) is 4.27. The number of nitrogens with one attached hydrogen (secondary N) is 2. The Morgan fingerprint density at radius 2 is 2.56 bits per heavy atom. The Bertz CT molecular complexity index is 104. The van der Waals surface area contributed by atoms with E-state index in [1.807, 2.05) is 0 Å². The van der Waals surface area contributed by atoms with Crippen LogP contribution in [0.25, 0.3) is 0 Å². The van der Waals surface area contributed by atoms with Gasteiger partial charge in [0.1, 0.15) is 0 Å². The molecule has 0 rings (SSSR count). The lowest BCUT2D eigenvalue weighted by Gasteiger charge is -1.97. The quantitative estimate of drug-likeness (QED) is 0.144. The Labute approximate surface area is 62.5 Å². The third-order valence-corrected chi connectivity index (χ3v) is 2.20. The monoisotopic (exact) mass is 163 g/mol. The van der Waals surface area contributed by atoms with Crippen LogP contribution in [0.1, 0.15) is 0 Å². The van der Waals surface area contributed by atoms with Gasteiger partial charge < -0.3 is 5.73 Å². The van der Waals surface area contributed by atoms with Crippen LogP contribution in [0, 0.1) is 5.41 Å². The number of rotatable bonds is 4. The fourth-order valence-corrected chi connectivity index (χ4v) is 1.41. The van der Waals surface area contributed by atoms with Crippen molar-refractivity contribution in [2.45, 2.75) is 0 Å². The average molecular weight is 163 g/mol. The SMILES string of the molecule is C=CCSSNC(=N)N. The van der Waals surface area contributed by atoms with Crippen molar-refractivity contribution in [2.24, 2.45) is 5.73 Å². The molecule has 0 aliphatic rings. The van der Waals surface area contributed by atoms with E-state index in [9.17, 15) is 0 Å². The molecule has 0 spiro atoms. The zero-order valence-corrected chi connectivity index (χ0v) is 6.52. The molecule has 52 valence electrons. The van der Waals surface area contributed by atoms with Crippen molar-refractivity contribution in [3.8, 4) is 0 Å². The highest BCUT2D eigenvalue weighted by atomic mass is 33.1. The molecule has 0 aliphatic heterocycles. The highest BCUT2D eigenvalue weighted by Gasteiger charge is 1.85. The van der Waals surface area contributed by atoms with Gasteiger partial charge in [-0.3, -0.25) is 10.1 Å². The van der Waals surface area contributed by atoms with Crippen LogP contribution >= 0.6 is 21.8 Å². The molecule has 0 bridgehead atoms. The van der Waals surface area contributed by atoms with Crippen molar-refractivity contribution in [2.75, 3.05) is 5.75 Å². The molecular weight excluding hydrogens is 154 g/mol. The predicted molar refractivity (Wildman–Crippen MR) is 45.3 cm³/mol. The Hall–Kier alpha value is -0.290. The molecule has 0 aromatic rings. The maximum atomic E-state index is 6.74. The molecule has 0 heterocycles. The van der Waals surface area contributed by atoms with Crippen molar-refractivity contribution in [3.63, 3.8) is 0 Å². The lowest BCUT2D eigenvalue weighted by molar-refractivity contribution is 1.33. The van der Waals surface area contributed by atoms with Crippen LogP contribution in [0.3, 0.4) is 0 Å².